The summed E-state index contributed by atoms with van der Waals surface area (Å²) in [5.41, 5.74) is 2.76. The highest BCUT2D eigenvalue weighted by Crippen LogP contribution is 2.28. The van der Waals surface area contributed by atoms with E-state index in [0.717, 1.165) is 27.9 Å². The molecule has 0 aliphatic rings. The van der Waals surface area contributed by atoms with Crippen LogP contribution in [0.4, 0.5) is 0 Å². The van der Waals surface area contributed by atoms with Gasteiger partial charge < -0.3 is 9.73 Å². The summed E-state index contributed by atoms with van der Waals surface area (Å²) in [6.45, 7) is 3.80. The zero-order valence-electron chi connectivity index (χ0n) is 13.2. The second-order valence-electron chi connectivity index (χ2n) is 5.76. The fourth-order valence-corrected chi connectivity index (χ4v) is 2.56. The Labute approximate surface area is 135 Å². The first-order valence-electron chi connectivity index (χ1n) is 7.62. The number of rotatable bonds is 4. The van der Waals surface area contributed by atoms with Crippen LogP contribution in [0.25, 0.3) is 11.0 Å². The van der Waals surface area contributed by atoms with Gasteiger partial charge in [0.1, 0.15) is 17.4 Å². The molecule has 1 heterocycles. The second-order valence-corrected chi connectivity index (χ2v) is 5.76. The van der Waals surface area contributed by atoms with Crippen molar-refractivity contribution in [3.05, 3.63) is 83.6 Å². The van der Waals surface area contributed by atoms with Gasteiger partial charge in [-0.1, -0.05) is 54.1 Å². The molecule has 3 nitrogen and oxygen atoms in total. The molecule has 1 unspecified atom stereocenters. The Morgan fingerprint density at radius 3 is 2.43 bits per heavy atom. The van der Waals surface area contributed by atoms with Gasteiger partial charge in [0.25, 0.3) is 0 Å². The molecular formula is C20H19NO2. The summed E-state index contributed by atoms with van der Waals surface area (Å²) in [5, 5.41) is 4.06. The van der Waals surface area contributed by atoms with Crippen molar-refractivity contribution in [3.8, 4) is 0 Å². The van der Waals surface area contributed by atoms with E-state index < -0.39 is 0 Å². The number of nitrogens with one attached hydrogen (secondary N) is 1. The second kappa shape index (κ2) is 6.53. The molecule has 2 aromatic carbocycles. The summed E-state index contributed by atoms with van der Waals surface area (Å²) in [4.78, 5) is 12.2. The van der Waals surface area contributed by atoms with Crippen molar-refractivity contribution >= 4 is 16.9 Å². The zero-order chi connectivity index (χ0) is 16.2. The van der Waals surface area contributed by atoms with Crippen LogP contribution in [-0.4, -0.2) is 5.91 Å². The van der Waals surface area contributed by atoms with Gasteiger partial charge in [-0.25, -0.2) is 0 Å². The number of carbonyl (C=O) groups is 1. The van der Waals surface area contributed by atoms with Gasteiger partial charge in [0.05, 0.1) is 0 Å². The highest BCUT2D eigenvalue weighted by molar-refractivity contribution is 5.89. The van der Waals surface area contributed by atoms with Crippen molar-refractivity contribution in [1.29, 1.82) is 0 Å². The monoisotopic (exact) mass is 305 g/mol. The number of benzene rings is 2. The SMILES string of the molecule is CC(C)=CC(=O)NC(c1ccccc1)c1cc2ccccc2o1. The molecule has 0 saturated heterocycles. The third-order valence-electron chi connectivity index (χ3n) is 3.57. The minimum atomic E-state index is -0.313. The van der Waals surface area contributed by atoms with E-state index in [1.54, 1.807) is 6.08 Å². The van der Waals surface area contributed by atoms with Gasteiger partial charge in [-0.05, 0) is 31.5 Å². The number of para-hydroxylation sites is 1. The zero-order valence-corrected chi connectivity index (χ0v) is 13.2. The Hall–Kier alpha value is -2.81. The molecular weight excluding hydrogens is 286 g/mol. The Morgan fingerprint density at radius 1 is 1.04 bits per heavy atom. The molecule has 0 fully saturated rings. The van der Waals surface area contributed by atoms with Crippen LogP contribution in [0.3, 0.4) is 0 Å². The molecule has 3 heteroatoms. The van der Waals surface area contributed by atoms with Crippen molar-refractivity contribution in [1.82, 2.24) is 5.32 Å². The van der Waals surface area contributed by atoms with Crippen molar-refractivity contribution in [2.24, 2.45) is 0 Å². The first-order chi connectivity index (χ1) is 11.1. The Morgan fingerprint density at radius 2 is 1.74 bits per heavy atom. The van der Waals surface area contributed by atoms with Gasteiger partial charge in [0, 0.05) is 11.5 Å². The van der Waals surface area contributed by atoms with Crippen molar-refractivity contribution in [2.45, 2.75) is 19.9 Å². The maximum absolute atomic E-state index is 12.2. The van der Waals surface area contributed by atoms with Crippen LogP contribution >= 0.6 is 0 Å². The Balaban J connectivity index is 2.01. The van der Waals surface area contributed by atoms with Crippen molar-refractivity contribution in [2.75, 3.05) is 0 Å². The molecule has 1 N–H and O–H groups in total. The summed E-state index contributed by atoms with van der Waals surface area (Å²) in [6.07, 6.45) is 1.60. The van der Waals surface area contributed by atoms with Crippen LogP contribution in [0.5, 0.6) is 0 Å². The molecule has 0 aliphatic carbocycles. The third kappa shape index (κ3) is 3.51. The standard InChI is InChI=1S/C20H19NO2/c1-14(2)12-19(22)21-20(15-8-4-3-5-9-15)18-13-16-10-6-7-11-17(16)23-18/h3-13,20H,1-2H3,(H,21,22). The summed E-state index contributed by atoms with van der Waals surface area (Å²) < 4.78 is 5.96. The lowest BCUT2D eigenvalue weighted by atomic mass is 10.0. The quantitative estimate of drug-likeness (QED) is 0.715. The number of allylic oxidation sites excluding steroid dienone is 1. The summed E-state index contributed by atoms with van der Waals surface area (Å²) in [7, 11) is 0. The molecule has 1 atom stereocenters. The number of hydrogen-bond donors (Lipinski definition) is 1. The van der Waals surface area contributed by atoms with Gasteiger partial charge in [-0.15, -0.1) is 0 Å². The first kappa shape index (κ1) is 15.1. The van der Waals surface area contributed by atoms with E-state index in [2.05, 4.69) is 5.32 Å². The fourth-order valence-electron chi connectivity index (χ4n) is 2.56. The molecule has 3 rings (SSSR count). The van der Waals surface area contributed by atoms with E-state index in [9.17, 15) is 4.79 Å². The largest absolute Gasteiger partial charge is 0.459 e. The lowest BCUT2D eigenvalue weighted by Crippen LogP contribution is -2.27. The number of carbonyl (C=O) groups excluding carboxylic acids is 1. The summed E-state index contributed by atoms with van der Waals surface area (Å²) >= 11 is 0. The molecule has 23 heavy (non-hydrogen) atoms. The molecule has 0 saturated carbocycles. The molecule has 3 aromatic rings. The lowest BCUT2D eigenvalue weighted by molar-refractivity contribution is -0.117. The lowest BCUT2D eigenvalue weighted by Gasteiger charge is -2.16. The van der Waals surface area contributed by atoms with E-state index in [1.807, 2.05) is 74.5 Å². The topological polar surface area (TPSA) is 42.2 Å². The predicted octanol–water partition coefficient (Wildman–Crippen LogP) is 4.60. The maximum Gasteiger partial charge on any atom is 0.244 e. The minimum Gasteiger partial charge on any atom is -0.459 e. The van der Waals surface area contributed by atoms with Gasteiger partial charge in [0.15, 0.2) is 0 Å². The molecule has 1 aromatic heterocycles. The Kier molecular flexibility index (Phi) is 4.29. The van der Waals surface area contributed by atoms with Crippen molar-refractivity contribution in [3.63, 3.8) is 0 Å². The van der Waals surface area contributed by atoms with E-state index in [1.165, 1.54) is 0 Å². The van der Waals surface area contributed by atoms with E-state index in [4.69, 9.17) is 4.42 Å². The predicted molar refractivity (Wildman–Crippen MR) is 92.1 cm³/mol. The molecule has 0 aliphatic heterocycles. The summed E-state index contributed by atoms with van der Waals surface area (Å²) in [6, 6.07) is 19.4. The van der Waals surface area contributed by atoms with Crippen molar-refractivity contribution < 1.29 is 9.21 Å². The molecule has 1 amide bonds. The van der Waals surface area contributed by atoms with Gasteiger partial charge in [0.2, 0.25) is 5.91 Å². The number of amides is 1. The van der Waals surface area contributed by atoms with Crippen LogP contribution < -0.4 is 5.32 Å². The van der Waals surface area contributed by atoms with Gasteiger partial charge in [-0.2, -0.15) is 0 Å². The minimum absolute atomic E-state index is 0.126. The number of furan rings is 1. The number of hydrogen-bond acceptors (Lipinski definition) is 2. The van der Waals surface area contributed by atoms with Crippen LogP contribution in [-0.2, 0) is 4.79 Å². The van der Waals surface area contributed by atoms with Crippen LogP contribution in [0.1, 0.15) is 31.2 Å². The van der Waals surface area contributed by atoms with Crippen LogP contribution in [0.15, 0.2) is 76.7 Å². The smallest absolute Gasteiger partial charge is 0.244 e. The molecule has 0 radical (unpaired) electrons. The maximum atomic E-state index is 12.2. The number of fused-ring (bicyclic) bond motifs is 1. The summed E-state index contributed by atoms with van der Waals surface area (Å²) in [5.74, 6) is 0.604. The molecule has 116 valence electrons. The van der Waals surface area contributed by atoms with Crippen LogP contribution in [0.2, 0.25) is 0 Å². The van der Waals surface area contributed by atoms with E-state index in [-0.39, 0.29) is 11.9 Å². The van der Waals surface area contributed by atoms with E-state index >= 15 is 0 Å². The van der Waals surface area contributed by atoms with Crippen LogP contribution in [0, 0.1) is 0 Å². The highest BCUT2D eigenvalue weighted by Gasteiger charge is 2.20. The van der Waals surface area contributed by atoms with Gasteiger partial charge in [-0.3, -0.25) is 4.79 Å². The van der Waals surface area contributed by atoms with Gasteiger partial charge >= 0.3 is 0 Å². The molecule has 0 spiro atoms. The van der Waals surface area contributed by atoms with E-state index in [0.29, 0.717) is 0 Å². The first-order valence-corrected chi connectivity index (χ1v) is 7.62. The average molecular weight is 305 g/mol. The fraction of sp³-hybridized carbons (Fsp3) is 0.150. The molecule has 0 bridgehead atoms. The normalized spacial score (nSPS) is 11.9. The third-order valence-corrected chi connectivity index (χ3v) is 3.57. The highest BCUT2D eigenvalue weighted by atomic mass is 16.3. The average Bonchev–Trinajstić information content (AvgIpc) is 2.96. The Bertz CT molecular complexity index is 809.